The van der Waals surface area contributed by atoms with Gasteiger partial charge in [-0.25, -0.2) is 0 Å². The molecule has 0 spiro atoms. The molecule has 0 aliphatic heterocycles. The zero-order valence-corrected chi connectivity index (χ0v) is 11.8. The van der Waals surface area contributed by atoms with Crippen LogP contribution in [-0.2, 0) is 6.18 Å². The molecule has 3 nitrogen and oxygen atoms in total. The molecule has 1 rings (SSSR count). The highest BCUT2D eigenvalue weighted by molar-refractivity contribution is 5.30. The Hall–Kier alpha value is -1.27. The number of hydrogen-bond acceptors (Lipinski definition) is 3. The third kappa shape index (κ3) is 6.77. The molecule has 1 N–H and O–H groups in total. The average Bonchev–Trinajstić information content (AvgIpc) is 2.36. The van der Waals surface area contributed by atoms with Crippen molar-refractivity contribution >= 4 is 0 Å². The van der Waals surface area contributed by atoms with E-state index in [4.69, 9.17) is 4.74 Å². The summed E-state index contributed by atoms with van der Waals surface area (Å²) in [5.74, 6) is 0.258. The number of hydrogen-bond donors (Lipinski definition) is 1. The van der Waals surface area contributed by atoms with Gasteiger partial charge in [0.15, 0.2) is 0 Å². The highest BCUT2D eigenvalue weighted by Crippen LogP contribution is 2.31. The molecule has 0 saturated heterocycles. The van der Waals surface area contributed by atoms with E-state index in [2.05, 4.69) is 10.2 Å². The number of nitrogens with one attached hydrogen (secondary N) is 1. The molecule has 1 aromatic carbocycles. The van der Waals surface area contributed by atoms with Crippen LogP contribution < -0.4 is 10.1 Å². The summed E-state index contributed by atoms with van der Waals surface area (Å²) in [5, 5.41) is 3.24. The monoisotopic (exact) mass is 290 g/mol. The minimum Gasteiger partial charge on any atom is -0.494 e. The average molecular weight is 290 g/mol. The Kier molecular flexibility index (Phi) is 6.81. The molecule has 0 heterocycles. The quantitative estimate of drug-likeness (QED) is 0.745. The summed E-state index contributed by atoms with van der Waals surface area (Å²) in [6, 6.07) is 4.96. The molecule has 1 aromatic rings. The largest absolute Gasteiger partial charge is 0.494 e. The van der Waals surface area contributed by atoms with E-state index in [0.717, 1.165) is 38.2 Å². The van der Waals surface area contributed by atoms with Crippen molar-refractivity contribution in [2.75, 3.05) is 40.3 Å². The van der Waals surface area contributed by atoms with Gasteiger partial charge in [0.05, 0.1) is 12.2 Å². The molecule has 114 valence electrons. The van der Waals surface area contributed by atoms with Crippen LogP contribution in [0.2, 0.25) is 0 Å². The van der Waals surface area contributed by atoms with Crippen LogP contribution in [-0.4, -0.2) is 45.2 Å². The normalized spacial score (nSPS) is 11.9. The number of nitrogens with zero attached hydrogens (tertiary/aromatic N) is 1. The minimum atomic E-state index is -4.33. The van der Waals surface area contributed by atoms with Crippen molar-refractivity contribution < 1.29 is 17.9 Å². The van der Waals surface area contributed by atoms with Crippen molar-refractivity contribution in [2.45, 2.75) is 12.6 Å². The molecular formula is C14H21F3N2O. The molecule has 0 radical (unpaired) electrons. The van der Waals surface area contributed by atoms with E-state index in [1.54, 1.807) is 0 Å². The third-order valence-corrected chi connectivity index (χ3v) is 2.66. The van der Waals surface area contributed by atoms with Crippen molar-refractivity contribution in [1.29, 1.82) is 0 Å². The topological polar surface area (TPSA) is 24.5 Å². The predicted molar refractivity (Wildman–Crippen MR) is 73.0 cm³/mol. The van der Waals surface area contributed by atoms with E-state index < -0.39 is 11.7 Å². The van der Waals surface area contributed by atoms with Gasteiger partial charge < -0.3 is 15.0 Å². The van der Waals surface area contributed by atoms with Gasteiger partial charge in [0.25, 0.3) is 0 Å². The lowest BCUT2D eigenvalue weighted by Gasteiger charge is -2.11. The van der Waals surface area contributed by atoms with Gasteiger partial charge in [0.2, 0.25) is 0 Å². The van der Waals surface area contributed by atoms with Crippen molar-refractivity contribution in [3.8, 4) is 5.75 Å². The molecule has 0 fully saturated rings. The lowest BCUT2D eigenvalue weighted by molar-refractivity contribution is -0.137. The molecule has 0 aromatic heterocycles. The van der Waals surface area contributed by atoms with E-state index in [0.29, 0.717) is 6.61 Å². The van der Waals surface area contributed by atoms with Crippen molar-refractivity contribution in [1.82, 2.24) is 10.2 Å². The summed E-state index contributed by atoms with van der Waals surface area (Å²) in [5.41, 5.74) is -0.681. The maximum atomic E-state index is 12.5. The van der Waals surface area contributed by atoms with Gasteiger partial charge in [-0.1, -0.05) is 6.07 Å². The van der Waals surface area contributed by atoms with Gasteiger partial charge in [0, 0.05) is 13.1 Å². The molecule has 0 aliphatic rings. The van der Waals surface area contributed by atoms with Crippen LogP contribution in [0, 0.1) is 0 Å². The summed E-state index contributed by atoms with van der Waals surface area (Å²) in [7, 11) is 4.00. The van der Waals surface area contributed by atoms with Crippen molar-refractivity contribution in [3.05, 3.63) is 29.8 Å². The van der Waals surface area contributed by atoms with Gasteiger partial charge in [-0.05, 0) is 45.3 Å². The first-order valence-electron chi connectivity index (χ1n) is 6.55. The fourth-order valence-corrected chi connectivity index (χ4v) is 1.58. The second-order valence-corrected chi connectivity index (χ2v) is 4.78. The zero-order chi connectivity index (χ0) is 15.0. The Labute approximate surface area is 117 Å². The molecule has 0 saturated carbocycles. The Balaban J connectivity index is 2.22. The lowest BCUT2D eigenvalue weighted by Crippen LogP contribution is -2.27. The first-order chi connectivity index (χ1) is 9.39. The molecule has 6 heteroatoms. The summed E-state index contributed by atoms with van der Waals surface area (Å²) in [6.07, 6.45) is -3.57. The van der Waals surface area contributed by atoms with Crippen molar-refractivity contribution in [2.24, 2.45) is 0 Å². The Morgan fingerprint density at radius 1 is 1.20 bits per heavy atom. The lowest BCUT2D eigenvalue weighted by atomic mass is 10.2. The molecule has 0 unspecified atom stereocenters. The first kappa shape index (κ1) is 16.8. The minimum absolute atomic E-state index is 0.258. The summed E-state index contributed by atoms with van der Waals surface area (Å²) >= 11 is 0. The van der Waals surface area contributed by atoms with Gasteiger partial charge >= 0.3 is 6.18 Å². The Morgan fingerprint density at radius 2 is 1.95 bits per heavy atom. The fraction of sp³-hybridized carbons (Fsp3) is 0.571. The number of benzene rings is 1. The van der Waals surface area contributed by atoms with Crippen LogP contribution >= 0.6 is 0 Å². The van der Waals surface area contributed by atoms with E-state index in [1.165, 1.54) is 12.1 Å². The molecule has 0 atom stereocenters. The van der Waals surface area contributed by atoms with Gasteiger partial charge in [-0.15, -0.1) is 0 Å². The molecule has 0 aliphatic carbocycles. The maximum absolute atomic E-state index is 12.5. The second kappa shape index (κ2) is 8.11. The molecular weight excluding hydrogens is 269 g/mol. The summed E-state index contributed by atoms with van der Waals surface area (Å²) in [6.45, 7) is 3.02. The van der Waals surface area contributed by atoms with Crippen LogP contribution in [0.25, 0.3) is 0 Å². The zero-order valence-electron chi connectivity index (χ0n) is 11.8. The highest BCUT2D eigenvalue weighted by Gasteiger charge is 2.30. The van der Waals surface area contributed by atoms with Crippen molar-refractivity contribution in [3.63, 3.8) is 0 Å². The van der Waals surface area contributed by atoms with Crippen LogP contribution in [0.15, 0.2) is 24.3 Å². The molecule has 0 amide bonds. The summed E-state index contributed by atoms with van der Waals surface area (Å²) in [4.78, 5) is 2.08. The fourth-order valence-electron chi connectivity index (χ4n) is 1.58. The number of likely N-dealkylation sites (N-methyl/N-ethyl adjacent to an activating group) is 1. The van der Waals surface area contributed by atoms with E-state index >= 15 is 0 Å². The van der Waals surface area contributed by atoms with Gasteiger partial charge in [0.1, 0.15) is 5.75 Å². The van der Waals surface area contributed by atoms with Crippen LogP contribution in [0.3, 0.4) is 0 Å². The van der Waals surface area contributed by atoms with Crippen LogP contribution in [0.5, 0.6) is 5.75 Å². The number of halogens is 3. The predicted octanol–water partition coefficient (Wildman–Crippen LogP) is 2.63. The molecule has 0 bridgehead atoms. The smallest absolute Gasteiger partial charge is 0.416 e. The van der Waals surface area contributed by atoms with E-state index in [1.807, 2.05) is 14.1 Å². The SMILES string of the molecule is CN(C)CCNCCCOc1cccc(C(F)(F)F)c1. The molecule has 20 heavy (non-hydrogen) atoms. The van der Waals surface area contributed by atoms with E-state index in [9.17, 15) is 13.2 Å². The third-order valence-electron chi connectivity index (χ3n) is 2.66. The summed E-state index contributed by atoms with van der Waals surface area (Å²) < 4.78 is 42.8. The van der Waals surface area contributed by atoms with Gasteiger partial charge in [-0.3, -0.25) is 0 Å². The first-order valence-corrected chi connectivity index (χ1v) is 6.55. The second-order valence-electron chi connectivity index (χ2n) is 4.78. The van der Waals surface area contributed by atoms with Gasteiger partial charge in [-0.2, -0.15) is 13.2 Å². The standard InChI is InChI=1S/C14H21F3N2O/c1-19(2)9-8-18-7-4-10-20-13-6-3-5-12(11-13)14(15,16)17/h3,5-6,11,18H,4,7-10H2,1-2H3. The maximum Gasteiger partial charge on any atom is 0.416 e. The van der Waals surface area contributed by atoms with Crippen LogP contribution in [0.1, 0.15) is 12.0 Å². The Bertz CT molecular complexity index is 394. The number of alkyl halides is 3. The Morgan fingerprint density at radius 3 is 2.60 bits per heavy atom. The highest BCUT2D eigenvalue weighted by atomic mass is 19.4. The van der Waals surface area contributed by atoms with Crippen LogP contribution in [0.4, 0.5) is 13.2 Å². The number of ether oxygens (including phenoxy) is 1. The number of rotatable bonds is 8. The van der Waals surface area contributed by atoms with E-state index in [-0.39, 0.29) is 5.75 Å².